The van der Waals surface area contributed by atoms with Crippen LogP contribution in [-0.2, 0) is 9.59 Å². The van der Waals surface area contributed by atoms with Crippen molar-refractivity contribution in [1.29, 1.82) is 0 Å². The Morgan fingerprint density at radius 2 is 1.45 bits per heavy atom. The highest BCUT2D eigenvalue weighted by atomic mass is 16.5. The van der Waals surface area contributed by atoms with Crippen molar-refractivity contribution in [2.45, 2.75) is 12.3 Å². The van der Waals surface area contributed by atoms with Crippen molar-refractivity contribution < 1.29 is 14.3 Å². The SMILES string of the molecule is COc1cccc(NC(=O)CNC(=O)CC(c2ccccc2)c2ccccc2)c1. The summed E-state index contributed by atoms with van der Waals surface area (Å²) in [5, 5.41) is 5.47. The van der Waals surface area contributed by atoms with Crippen LogP contribution in [0.1, 0.15) is 23.5 Å². The van der Waals surface area contributed by atoms with E-state index in [1.165, 1.54) is 0 Å². The van der Waals surface area contributed by atoms with Gasteiger partial charge in [0.25, 0.3) is 0 Å². The first-order valence-corrected chi connectivity index (χ1v) is 9.46. The van der Waals surface area contributed by atoms with Gasteiger partial charge in [0.1, 0.15) is 5.75 Å². The average molecular weight is 388 g/mol. The molecule has 0 aliphatic rings. The number of hydrogen-bond acceptors (Lipinski definition) is 3. The summed E-state index contributed by atoms with van der Waals surface area (Å²) in [7, 11) is 1.57. The molecule has 3 rings (SSSR count). The highest BCUT2D eigenvalue weighted by Crippen LogP contribution is 2.27. The molecule has 5 nitrogen and oxygen atoms in total. The summed E-state index contributed by atoms with van der Waals surface area (Å²) in [5.41, 5.74) is 2.75. The third-order valence-corrected chi connectivity index (χ3v) is 4.59. The van der Waals surface area contributed by atoms with Crippen LogP contribution in [-0.4, -0.2) is 25.5 Å². The van der Waals surface area contributed by atoms with Gasteiger partial charge < -0.3 is 15.4 Å². The summed E-state index contributed by atoms with van der Waals surface area (Å²) in [4.78, 5) is 24.7. The van der Waals surface area contributed by atoms with E-state index in [-0.39, 0.29) is 30.7 Å². The van der Waals surface area contributed by atoms with Crippen LogP contribution in [0.15, 0.2) is 84.9 Å². The van der Waals surface area contributed by atoms with E-state index in [1.54, 1.807) is 31.4 Å². The molecule has 5 heteroatoms. The summed E-state index contributed by atoms with van der Waals surface area (Å²) < 4.78 is 5.14. The molecular weight excluding hydrogens is 364 g/mol. The lowest BCUT2D eigenvalue weighted by Crippen LogP contribution is -2.33. The molecule has 3 aromatic carbocycles. The molecule has 2 N–H and O–H groups in total. The van der Waals surface area contributed by atoms with Crippen molar-refractivity contribution >= 4 is 17.5 Å². The fourth-order valence-corrected chi connectivity index (χ4v) is 3.14. The number of anilines is 1. The molecular formula is C24H24N2O3. The van der Waals surface area contributed by atoms with E-state index >= 15 is 0 Å². The minimum Gasteiger partial charge on any atom is -0.497 e. The Balaban J connectivity index is 1.59. The zero-order chi connectivity index (χ0) is 20.5. The molecule has 0 unspecified atom stereocenters. The summed E-state index contributed by atoms with van der Waals surface area (Å²) in [6, 6.07) is 26.9. The Bertz CT molecular complexity index is 903. The highest BCUT2D eigenvalue weighted by molar-refractivity contribution is 5.94. The number of benzene rings is 3. The van der Waals surface area contributed by atoms with Gasteiger partial charge in [-0.2, -0.15) is 0 Å². The van der Waals surface area contributed by atoms with Gasteiger partial charge in [-0.3, -0.25) is 9.59 Å². The van der Waals surface area contributed by atoms with Gasteiger partial charge in [0.05, 0.1) is 13.7 Å². The highest BCUT2D eigenvalue weighted by Gasteiger charge is 2.18. The molecule has 0 saturated carbocycles. The van der Waals surface area contributed by atoms with Crippen molar-refractivity contribution in [3.63, 3.8) is 0 Å². The van der Waals surface area contributed by atoms with Crippen LogP contribution in [0.4, 0.5) is 5.69 Å². The molecule has 0 heterocycles. The van der Waals surface area contributed by atoms with E-state index in [0.29, 0.717) is 11.4 Å². The number of amides is 2. The van der Waals surface area contributed by atoms with Gasteiger partial charge in [-0.05, 0) is 23.3 Å². The number of carbonyl (C=O) groups is 2. The summed E-state index contributed by atoms with van der Waals surface area (Å²) in [5.74, 6) is 0.116. The third kappa shape index (κ3) is 5.94. The van der Waals surface area contributed by atoms with Gasteiger partial charge in [0, 0.05) is 24.1 Å². The lowest BCUT2D eigenvalue weighted by Gasteiger charge is -2.18. The first kappa shape index (κ1) is 20.1. The second-order valence-electron chi connectivity index (χ2n) is 6.63. The predicted octanol–water partition coefficient (Wildman–Crippen LogP) is 3.97. The Kier molecular flexibility index (Phi) is 7.00. The minimum absolute atomic E-state index is 0.0705. The third-order valence-electron chi connectivity index (χ3n) is 4.59. The van der Waals surface area contributed by atoms with Crippen LogP contribution in [0.5, 0.6) is 5.75 Å². The molecule has 3 aromatic rings. The predicted molar refractivity (Wildman–Crippen MR) is 114 cm³/mol. The van der Waals surface area contributed by atoms with E-state index < -0.39 is 0 Å². The molecule has 0 atom stereocenters. The molecule has 0 bridgehead atoms. The van der Waals surface area contributed by atoms with Crippen LogP contribution in [0, 0.1) is 0 Å². The average Bonchev–Trinajstić information content (AvgIpc) is 2.77. The Labute approximate surface area is 170 Å². The Morgan fingerprint density at radius 1 is 0.828 bits per heavy atom. The van der Waals surface area contributed by atoms with Crippen molar-refractivity contribution in [3.8, 4) is 5.75 Å². The summed E-state index contributed by atoms with van der Waals surface area (Å²) >= 11 is 0. The van der Waals surface area contributed by atoms with Gasteiger partial charge >= 0.3 is 0 Å². The van der Waals surface area contributed by atoms with Crippen LogP contribution in [0.25, 0.3) is 0 Å². The normalized spacial score (nSPS) is 10.4. The number of nitrogens with one attached hydrogen (secondary N) is 2. The molecule has 0 saturated heterocycles. The number of ether oxygens (including phenoxy) is 1. The quantitative estimate of drug-likeness (QED) is 0.614. The van der Waals surface area contributed by atoms with Crippen molar-refractivity contribution in [2.24, 2.45) is 0 Å². The maximum absolute atomic E-state index is 12.5. The molecule has 0 spiro atoms. The molecule has 0 aliphatic carbocycles. The summed E-state index contributed by atoms with van der Waals surface area (Å²) in [6.07, 6.45) is 0.264. The fraction of sp³-hybridized carbons (Fsp3) is 0.167. The van der Waals surface area contributed by atoms with Gasteiger partial charge in [-0.15, -0.1) is 0 Å². The van der Waals surface area contributed by atoms with E-state index in [1.807, 2.05) is 60.7 Å². The van der Waals surface area contributed by atoms with Crippen molar-refractivity contribution in [2.75, 3.05) is 19.0 Å². The Morgan fingerprint density at radius 3 is 2.03 bits per heavy atom. The number of hydrogen-bond donors (Lipinski definition) is 2. The van der Waals surface area contributed by atoms with E-state index in [2.05, 4.69) is 10.6 Å². The minimum atomic E-state index is -0.289. The zero-order valence-corrected chi connectivity index (χ0v) is 16.3. The smallest absolute Gasteiger partial charge is 0.243 e. The zero-order valence-electron chi connectivity index (χ0n) is 16.3. The topological polar surface area (TPSA) is 67.4 Å². The fourth-order valence-electron chi connectivity index (χ4n) is 3.14. The van der Waals surface area contributed by atoms with Crippen LogP contribution in [0.2, 0.25) is 0 Å². The Hall–Kier alpha value is -3.60. The maximum atomic E-state index is 12.5. The van der Waals surface area contributed by atoms with Crippen molar-refractivity contribution in [1.82, 2.24) is 5.32 Å². The molecule has 0 aromatic heterocycles. The molecule has 148 valence electrons. The van der Waals surface area contributed by atoms with Crippen LogP contribution < -0.4 is 15.4 Å². The number of methoxy groups -OCH3 is 1. The second-order valence-corrected chi connectivity index (χ2v) is 6.63. The van der Waals surface area contributed by atoms with Crippen LogP contribution >= 0.6 is 0 Å². The van der Waals surface area contributed by atoms with E-state index in [0.717, 1.165) is 11.1 Å². The monoisotopic (exact) mass is 388 g/mol. The van der Waals surface area contributed by atoms with Gasteiger partial charge in [-0.25, -0.2) is 0 Å². The maximum Gasteiger partial charge on any atom is 0.243 e. The second kappa shape index (κ2) is 10.1. The molecule has 0 aliphatic heterocycles. The summed E-state index contributed by atoms with van der Waals surface area (Å²) in [6.45, 7) is -0.0909. The molecule has 0 radical (unpaired) electrons. The number of rotatable bonds is 8. The molecule has 29 heavy (non-hydrogen) atoms. The van der Waals surface area contributed by atoms with E-state index in [9.17, 15) is 9.59 Å². The van der Waals surface area contributed by atoms with Crippen LogP contribution in [0.3, 0.4) is 0 Å². The van der Waals surface area contributed by atoms with Gasteiger partial charge in [0.15, 0.2) is 0 Å². The lowest BCUT2D eigenvalue weighted by atomic mass is 9.88. The molecule has 0 fully saturated rings. The molecule has 2 amide bonds. The first-order chi connectivity index (χ1) is 14.2. The van der Waals surface area contributed by atoms with Gasteiger partial charge in [-0.1, -0.05) is 66.7 Å². The van der Waals surface area contributed by atoms with Crippen molar-refractivity contribution in [3.05, 3.63) is 96.1 Å². The number of carbonyl (C=O) groups excluding carboxylic acids is 2. The largest absolute Gasteiger partial charge is 0.497 e. The lowest BCUT2D eigenvalue weighted by molar-refractivity contribution is -0.124. The first-order valence-electron chi connectivity index (χ1n) is 9.46. The van der Waals surface area contributed by atoms with Gasteiger partial charge in [0.2, 0.25) is 11.8 Å². The van der Waals surface area contributed by atoms with E-state index in [4.69, 9.17) is 4.74 Å². The standard InChI is InChI=1S/C24H24N2O3/c1-29-21-14-8-13-20(15-21)26-24(28)17-25-23(27)16-22(18-9-4-2-5-10-18)19-11-6-3-7-12-19/h2-15,22H,16-17H2,1H3,(H,25,27)(H,26,28).